The van der Waals surface area contributed by atoms with Crippen LogP contribution < -0.4 is 10.1 Å². The summed E-state index contributed by atoms with van der Waals surface area (Å²) in [5.74, 6) is 0.359. The summed E-state index contributed by atoms with van der Waals surface area (Å²) in [5, 5.41) is 3.80. The number of hydrogen-bond donors (Lipinski definition) is 1. The lowest BCUT2D eigenvalue weighted by Crippen LogP contribution is -2.19. The number of nitrogens with zero attached hydrogens (tertiary/aromatic N) is 1. The van der Waals surface area contributed by atoms with E-state index >= 15 is 0 Å². The third-order valence-corrected chi connectivity index (χ3v) is 5.67. The molecule has 0 bridgehead atoms. The summed E-state index contributed by atoms with van der Waals surface area (Å²) in [7, 11) is 0. The SMILES string of the molecule is C=CCOc1c(Cl)cc(/C=C2\SC(=Nc3ccc(CC)cc3)NC2=O)cc1Br. The van der Waals surface area contributed by atoms with Crippen LogP contribution >= 0.6 is 39.3 Å². The Morgan fingerprint density at radius 2 is 2.07 bits per heavy atom. The Kier molecular flexibility index (Phi) is 6.99. The van der Waals surface area contributed by atoms with E-state index in [1.165, 1.54) is 17.3 Å². The molecule has 0 unspecified atom stereocenters. The maximum absolute atomic E-state index is 12.3. The van der Waals surface area contributed by atoms with Crippen LogP contribution in [-0.2, 0) is 11.2 Å². The van der Waals surface area contributed by atoms with E-state index in [-0.39, 0.29) is 5.91 Å². The van der Waals surface area contributed by atoms with Crippen LogP contribution in [0.4, 0.5) is 5.69 Å². The molecule has 2 aromatic carbocycles. The van der Waals surface area contributed by atoms with E-state index in [2.05, 4.69) is 39.7 Å². The van der Waals surface area contributed by atoms with E-state index in [9.17, 15) is 4.79 Å². The monoisotopic (exact) mass is 476 g/mol. The van der Waals surface area contributed by atoms with Crippen molar-refractivity contribution in [2.45, 2.75) is 13.3 Å². The van der Waals surface area contributed by atoms with Crippen molar-refractivity contribution in [2.24, 2.45) is 4.99 Å². The summed E-state index contributed by atoms with van der Waals surface area (Å²) in [6.07, 6.45) is 4.40. The Morgan fingerprint density at radius 1 is 1.32 bits per heavy atom. The van der Waals surface area contributed by atoms with Crippen LogP contribution in [0.15, 0.2) is 63.4 Å². The Balaban J connectivity index is 1.80. The van der Waals surface area contributed by atoms with Gasteiger partial charge in [0.15, 0.2) is 10.9 Å². The Labute approximate surface area is 181 Å². The third-order valence-electron chi connectivity index (χ3n) is 3.89. The molecule has 3 rings (SSSR count). The van der Waals surface area contributed by atoms with Gasteiger partial charge in [-0.2, -0.15) is 0 Å². The van der Waals surface area contributed by atoms with E-state index in [1.807, 2.05) is 30.3 Å². The number of carbonyl (C=O) groups excluding carboxylic acids is 1. The molecule has 1 aliphatic heterocycles. The predicted molar refractivity (Wildman–Crippen MR) is 121 cm³/mol. The maximum Gasteiger partial charge on any atom is 0.264 e. The van der Waals surface area contributed by atoms with Gasteiger partial charge in [0.1, 0.15) is 6.61 Å². The number of benzene rings is 2. The highest BCUT2D eigenvalue weighted by Crippen LogP contribution is 2.36. The zero-order chi connectivity index (χ0) is 20.1. The molecule has 1 amide bonds. The van der Waals surface area contributed by atoms with E-state index < -0.39 is 0 Å². The molecule has 0 saturated carbocycles. The Hall–Kier alpha value is -2.02. The summed E-state index contributed by atoms with van der Waals surface area (Å²) in [6, 6.07) is 11.6. The molecule has 0 aromatic heterocycles. The van der Waals surface area contributed by atoms with Crippen molar-refractivity contribution in [3.63, 3.8) is 0 Å². The number of aliphatic imine (C=N–C) groups is 1. The van der Waals surface area contributed by atoms with E-state index in [4.69, 9.17) is 16.3 Å². The summed E-state index contributed by atoms with van der Waals surface area (Å²) in [5.41, 5.74) is 2.83. The molecule has 0 aliphatic carbocycles. The molecule has 2 aromatic rings. The van der Waals surface area contributed by atoms with Crippen molar-refractivity contribution in [2.75, 3.05) is 6.61 Å². The molecular formula is C21H18BrClN2O2S. The molecule has 1 fully saturated rings. The second-order valence-corrected chi connectivity index (χ2v) is 8.21. The van der Waals surface area contributed by atoms with Crippen molar-refractivity contribution < 1.29 is 9.53 Å². The fraction of sp³-hybridized carbons (Fsp3) is 0.143. The highest BCUT2D eigenvalue weighted by atomic mass is 79.9. The highest BCUT2D eigenvalue weighted by Gasteiger charge is 2.24. The molecule has 1 N–H and O–H groups in total. The van der Waals surface area contributed by atoms with Gasteiger partial charge in [-0.05, 0) is 75.6 Å². The molecule has 28 heavy (non-hydrogen) atoms. The molecular weight excluding hydrogens is 460 g/mol. The number of carbonyl (C=O) groups is 1. The average Bonchev–Trinajstić information content (AvgIpc) is 3.00. The van der Waals surface area contributed by atoms with Crippen LogP contribution in [0.2, 0.25) is 5.02 Å². The molecule has 7 heteroatoms. The molecule has 4 nitrogen and oxygen atoms in total. The first-order valence-corrected chi connectivity index (χ1v) is 10.6. The quantitative estimate of drug-likeness (QED) is 0.403. The minimum Gasteiger partial charge on any atom is -0.487 e. The van der Waals surface area contributed by atoms with Gasteiger partial charge >= 0.3 is 0 Å². The van der Waals surface area contributed by atoms with Crippen molar-refractivity contribution >= 4 is 62.1 Å². The van der Waals surface area contributed by atoms with Crippen molar-refractivity contribution in [1.29, 1.82) is 0 Å². The van der Waals surface area contributed by atoms with Crippen LogP contribution in [0.5, 0.6) is 5.75 Å². The predicted octanol–water partition coefficient (Wildman–Crippen LogP) is 6.12. The average molecular weight is 478 g/mol. The fourth-order valence-corrected chi connectivity index (χ4v) is 4.33. The summed E-state index contributed by atoms with van der Waals surface area (Å²) in [6.45, 7) is 6.09. The first-order chi connectivity index (χ1) is 13.5. The molecule has 0 spiro atoms. The molecule has 0 atom stereocenters. The largest absolute Gasteiger partial charge is 0.487 e. The molecule has 1 aliphatic rings. The number of ether oxygens (including phenoxy) is 1. The third kappa shape index (κ3) is 5.07. The second kappa shape index (κ2) is 9.45. The number of nitrogens with one attached hydrogen (secondary N) is 1. The van der Waals surface area contributed by atoms with Gasteiger partial charge in [-0.1, -0.05) is 43.3 Å². The summed E-state index contributed by atoms with van der Waals surface area (Å²) < 4.78 is 6.25. The standard InChI is InChI=1S/C21H18BrClN2O2S/c1-3-9-27-19-16(22)10-14(11-17(19)23)12-18-20(26)25-21(28-18)24-15-7-5-13(4-2)6-8-15/h3,5-8,10-12H,1,4,9H2,2H3,(H,24,25,26)/b18-12-. The van der Waals surface area contributed by atoms with Crippen LogP contribution in [0.1, 0.15) is 18.1 Å². The topological polar surface area (TPSA) is 50.7 Å². The van der Waals surface area contributed by atoms with Crippen molar-refractivity contribution in [3.05, 3.63) is 74.6 Å². The van der Waals surface area contributed by atoms with Crippen LogP contribution in [0.3, 0.4) is 0 Å². The lowest BCUT2D eigenvalue weighted by molar-refractivity contribution is -0.115. The van der Waals surface area contributed by atoms with E-state index in [1.54, 1.807) is 18.2 Å². The van der Waals surface area contributed by atoms with Crippen LogP contribution in [-0.4, -0.2) is 17.7 Å². The Morgan fingerprint density at radius 3 is 2.71 bits per heavy atom. The normalized spacial score (nSPS) is 16.5. The van der Waals surface area contributed by atoms with Gasteiger partial charge < -0.3 is 10.1 Å². The minimum absolute atomic E-state index is 0.187. The number of aryl methyl sites for hydroxylation is 1. The van der Waals surface area contributed by atoms with Crippen molar-refractivity contribution in [1.82, 2.24) is 5.32 Å². The first kappa shape index (κ1) is 20.7. The number of halogens is 2. The van der Waals surface area contributed by atoms with Gasteiger partial charge in [-0.15, -0.1) is 0 Å². The van der Waals surface area contributed by atoms with Gasteiger partial charge in [0, 0.05) is 0 Å². The van der Waals surface area contributed by atoms with Gasteiger partial charge in [-0.3, -0.25) is 4.79 Å². The smallest absolute Gasteiger partial charge is 0.264 e. The first-order valence-electron chi connectivity index (χ1n) is 8.61. The number of amidine groups is 1. The van der Waals surface area contributed by atoms with E-state index in [0.29, 0.717) is 31.9 Å². The van der Waals surface area contributed by atoms with Crippen molar-refractivity contribution in [3.8, 4) is 5.75 Å². The second-order valence-electron chi connectivity index (χ2n) is 5.92. The minimum atomic E-state index is -0.187. The molecule has 1 heterocycles. The van der Waals surface area contributed by atoms with Gasteiger partial charge in [0.05, 0.1) is 20.1 Å². The van der Waals surface area contributed by atoms with Crippen LogP contribution in [0, 0.1) is 0 Å². The summed E-state index contributed by atoms with van der Waals surface area (Å²) in [4.78, 5) is 17.3. The zero-order valence-electron chi connectivity index (χ0n) is 15.2. The van der Waals surface area contributed by atoms with Crippen LogP contribution in [0.25, 0.3) is 6.08 Å². The highest BCUT2D eigenvalue weighted by molar-refractivity contribution is 9.10. The number of thioether (sulfide) groups is 1. The lowest BCUT2D eigenvalue weighted by Gasteiger charge is -2.09. The number of rotatable bonds is 6. The number of amides is 1. The summed E-state index contributed by atoms with van der Waals surface area (Å²) >= 11 is 11.1. The van der Waals surface area contributed by atoms with E-state index in [0.717, 1.165) is 17.7 Å². The number of hydrogen-bond acceptors (Lipinski definition) is 4. The van der Waals surface area contributed by atoms with Gasteiger partial charge in [0.25, 0.3) is 5.91 Å². The maximum atomic E-state index is 12.3. The lowest BCUT2D eigenvalue weighted by atomic mass is 10.2. The molecule has 144 valence electrons. The zero-order valence-corrected chi connectivity index (χ0v) is 18.3. The fourth-order valence-electron chi connectivity index (χ4n) is 2.50. The van der Waals surface area contributed by atoms with Gasteiger partial charge in [0.2, 0.25) is 0 Å². The molecule has 0 radical (unpaired) electrons. The molecule has 1 saturated heterocycles. The Bertz CT molecular complexity index is 948. The van der Waals surface area contributed by atoms with Gasteiger partial charge in [-0.25, -0.2) is 4.99 Å².